The number of pyridine rings is 1. The van der Waals surface area contributed by atoms with Crippen molar-refractivity contribution >= 4 is 35.3 Å². The summed E-state index contributed by atoms with van der Waals surface area (Å²) in [5.74, 6) is -3.73. The van der Waals surface area contributed by atoms with E-state index >= 15 is 0 Å². The van der Waals surface area contributed by atoms with Gasteiger partial charge in [0.05, 0.1) is 26.3 Å². The van der Waals surface area contributed by atoms with Crippen molar-refractivity contribution in [2.45, 2.75) is 43.4 Å². The molecule has 0 aliphatic carbocycles. The number of nitrogens with one attached hydrogen (secondary N) is 3. The fraction of sp³-hybridized carbons (Fsp3) is 0.414. The molecule has 2 fully saturated rings. The van der Waals surface area contributed by atoms with Crippen LogP contribution in [0.3, 0.4) is 0 Å². The van der Waals surface area contributed by atoms with Gasteiger partial charge in [-0.2, -0.15) is 0 Å². The molecule has 3 aliphatic heterocycles. The van der Waals surface area contributed by atoms with Gasteiger partial charge < -0.3 is 30.7 Å². The Balaban J connectivity index is 1.23. The van der Waals surface area contributed by atoms with Crippen LogP contribution in [0.25, 0.3) is 11.1 Å². The number of thioether (sulfide) groups is 1. The number of nitrogens with two attached hydrogens (primary N) is 1. The quantitative estimate of drug-likeness (QED) is 0.266. The zero-order valence-corrected chi connectivity index (χ0v) is 24.1. The standard InChI is InChI=1S/C29H33FN6O5S/c1-16-20(26(31)32)14-42-25(16)17(2)35-27(38)22-11-29(40-8-9-41-29)15-36(22)23(37)13-34-28(39)24-21(30)10-19(12-33-24)18-6-4-3-5-7-18/h3-7,10,12,14,16-17,22,25H,8-9,11,13,15H2,1-2H3,(H3,31,32)(H,34,39)(H,35,38)/t16?,17-,22+,25?/m1/s1. The molecule has 1 aromatic carbocycles. The van der Waals surface area contributed by atoms with Crippen LogP contribution in [0.2, 0.25) is 0 Å². The molecule has 2 unspecified atom stereocenters. The Hall–Kier alpha value is -3.81. The number of halogens is 1. The van der Waals surface area contributed by atoms with Gasteiger partial charge in [-0.3, -0.25) is 19.8 Å². The summed E-state index contributed by atoms with van der Waals surface area (Å²) in [6, 6.07) is 9.09. The third-order valence-corrected chi connectivity index (χ3v) is 9.32. The van der Waals surface area contributed by atoms with E-state index in [1.54, 1.807) is 12.1 Å². The zero-order chi connectivity index (χ0) is 30.0. The molecule has 222 valence electrons. The Labute approximate surface area is 246 Å². The van der Waals surface area contributed by atoms with E-state index in [4.69, 9.17) is 20.6 Å². The van der Waals surface area contributed by atoms with Crippen molar-refractivity contribution in [1.29, 1.82) is 5.41 Å². The highest BCUT2D eigenvalue weighted by Crippen LogP contribution is 2.38. The predicted octanol–water partition coefficient (Wildman–Crippen LogP) is 2.04. The van der Waals surface area contributed by atoms with Crippen molar-refractivity contribution in [1.82, 2.24) is 20.5 Å². The first-order valence-corrected chi connectivity index (χ1v) is 14.6. The first-order valence-electron chi connectivity index (χ1n) is 13.7. The summed E-state index contributed by atoms with van der Waals surface area (Å²) in [4.78, 5) is 44.9. The van der Waals surface area contributed by atoms with Gasteiger partial charge in [-0.05, 0) is 29.9 Å². The van der Waals surface area contributed by atoms with Crippen LogP contribution < -0.4 is 16.4 Å². The molecule has 13 heteroatoms. The van der Waals surface area contributed by atoms with Crippen molar-refractivity contribution in [3.05, 3.63) is 65.1 Å². The molecular weight excluding hydrogens is 563 g/mol. The van der Waals surface area contributed by atoms with E-state index in [9.17, 15) is 18.8 Å². The molecule has 0 radical (unpaired) electrons. The third kappa shape index (κ3) is 6.03. The number of aromatic nitrogens is 1. The smallest absolute Gasteiger partial charge is 0.273 e. The molecule has 2 aromatic rings. The van der Waals surface area contributed by atoms with Gasteiger partial charge >= 0.3 is 0 Å². The number of rotatable bonds is 8. The first-order chi connectivity index (χ1) is 20.1. The van der Waals surface area contributed by atoms with E-state index < -0.39 is 41.7 Å². The van der Waals surface area contributed by atoms with E-state index in [0.29, 0.717) is 18.8 Å². The molecule has 5 rings (SSSR count). The van der Waals surface area contributed by atoms with Gasteiger partial charge in [0, 0.05) is 35.0 Å². The Kier molecular flexibility index (Phi) is 8.62. The van der Waals surface area contributed by atoms with Crippen molar-refractivity contribution in [3.63, 3.8) is 0 Å². The minimum absolute atomic E-state index is 0.00494. The molecule has 1 spiro atoms. The van der Waals surface area contributed by atoms with Crippen LogP contribution in [0, 0.1) is 17.1 Å². The summed E-state index contributed by atoms with van der Waals surface area (Å²) in [7, 11) is 0. The summed E-state index contributed by atoms with van der Waals surface area (Å²) in [5, 5.41) is 15.0. The summed E-state index contributed by atoms with van der Waals surface area (Å²) in [5.41, 5.74) is 7.24. The van der Waals surface area contributed by atoms with Crippen molar-refractivity contribution < 1.29 is 28.2 Å². The van der Waals surface area contributed by atoms with Crippen molar-refractivity contribution in [2.75, 3.05) is 26.3 Å². The topological polar surface area (TPSA) is 160 Å². The SMILES string of the molecule is CC1C(C(=N)N)=CSC1[C@@H](C)NC(=O)[C@@H]1CC2(CN1C(=O)CNC(=O)c1ncc(-c3ccccc3)cc1F)OCCO2. The molecule has 1 aromatic heterocycles. The Bertz CT molecular complexity index is 1420. The van der Waals surface area contributed by atoms with Crippen LogP contribution in [-0.2, 0) is 19.1 Å². The maximum Gasteiger partial charge on any atom is 0.273 e. The summed E-state index contributed by atoms with van der Waals surface area (Å²) < 4.78 is 26.4. The molecule has 42 heavy (non-hydrogen) atoms. The number of amidine groups is 1. The number of carbonyl (C=O) groups is 3. The number of hydrogen-bond donors (Lipinski definition) is 4. The number of amides is 3. The van der Waals surface area contributed by atoms with Crippen LogP contribution in [0.4, 0.5) is 4.39 Å². The van der Waals surface area contributed by atoms with Crippen molar-refractivity contribution in [2.24, 2.45) is 11.7 Å². The van der Waals surface area contributed by atoms with E-state index in [2.05, 4.69) is 15.6 Å². The highest BCUT2D eigenvalue weighted by Gasteiger charge is 2.52. The number of benzene rings is 1. The molecule has 3 aliphatic rings. The molecule has 3 amide bonds. The average Bonchev–Trinajstić information content (AvgIpc) is 3.70. The fourth-order valence-corrected chi connectivity index (χ4v) is 6.92. The minimum atomic E-state index is -1.11. The van der Waals surface area contributed by atoms with Gasteiger partial charge in [-0.25, -0.2) is 9.37 Å². The Morgan fingerprint density at radius 2 is 1.95 bits per heavy atom. The van der Waals surface area contributed by atoms with Crippen LogP contribution >= 0.6 is 11.8 Å². The predicted molar refractivity (Wildman–Crippen MR) is 155 cm³/mol. The van der Waals surface area contributed by atoms with E-state index in [1.165, 1.54) is 28.9 Å². The van der Waals surface area contributed by atoms with Gasteiger partial charge in [-0.15, -0.1) is 11.8 Å². The molecule has 5 N–H and O–H groups in total. The minimum Gasteiger partial charge on any atom is -0.384 e. The Morgan fingerprint density at radius 3 is 2.60 bits per heavy atom. The van der Waals surface area contributed by atoms with Crippen LogP contribution in [0.1, 0.15) is 30.8 Å². The second kappa shape index (κ2) is 12.2. The summed E-state index contributed by atoms with van der Waals surface area (Å²) >= 11 is 1.50. The summed E-state index contributed by atoms with van der Waals surface area (Å²) in [6.07, 6.45) is 1.53. The van der Waals surface area contributed by atoms with E-state index in [0.717, 1.165) is 11.1 Å². The van der Waals surface area contributed by atoms with Crippen molar-refractivity contribution in [3.8, 4) is 11.1 Å². The fourth-order valence-electron chi connectivity index (χ4n) is 5.59. The number of hydrogen-bond acceptors (Lipinski definition) is 8. The molecule has 2 saturated heterocycles. The lowest BCUT2D eigenvalue weighted by Gasteiger charge is -2.29. The number of likely N-dealkylation sites (tertiary alicyclic amines) is 1. The Morgan fingerprint density at radius 1 is 1.24 bits per heavy atom. The average molecular weight is 597 g/mol. The lowest BCUT2D eigenvalue weighted by molar-refractivity contribution is -0.152. The molecule has 4 atom stereocenters. The highest BCUT2D eigenvalue weighted by atomic mass is 32.2. The van der Waals surface area contributed by atoms with Crippen LogP contribution in [0.15, 0.2) is 53.6 Å². The maximum absolute atomic E-state index is 14.8. The molecule has 0 saturated carbocycles. The third-order valence-electron chi connectivity index (χ3n) is 7.80. The summed E-state index contributed by atoms with van der Waals surface area (Å²) in [6.45, 7) is 4.03. The maximum atomic E-state index is 14.8. The van der Waals surface area contributed by atoms with Crippen LogP contribution in [0.5, 0.6) is 0 Å². The number of carbonyl (C=O) groups excluding carboxylic acids is 3. The first kappa shape index (κ1) is 29.7. The molecule has 0 bridgehead atoms. The van der Waals surface area contributed by atoms with Gasteiger partial charge in [0.2, 0.25) is 11.8 Å². The normalized spacial score (nSPS) is 23.5. The molecular formula is C29H33FN6O5S. The second-order valence-corrected chi connectivity index (χ2v) is 11.7. The van der Waals surface area contributed by atoms with Crippen LogP contribution in [-0.4, -0.2) is 82.9 Å². The van der Waals surface area contributed by atoms with Gasteiger partial charge in [-0.1, -0.05) is 37.3 Å². The van der Waals surface area contributed by atoms with Gasteiger partial charge in [0.25, 0.3) is 5.91 Å². The van der Waals surface area contributed by atoms with Gasteiger partial charge in [0.15, 0.2) is 17.3 Å². The van der Waals surface area contributed by atoms with E-state index in [1.807, 2.05) is 37.5 Å². The lowest BCUT2D eigenvalue weighted by Crippen LogP contribution is -2.52. The molecule has 4 heterocycles. The highest BCUT2D eigenvalue weighted by molar-refractivity contribution is 8.03. The van der Waals surface area contributed by atoms with Gasteiger partial charge in [0.1, 0.15) is 11.9 Å². The monoisotopic (exact) mass is 596 g/mol. The molecule has 11 nitrogen and oxygen atoms in total. The number of ether oxygens (including phenoxy) is 2. The zero-order valence-electron chi connectivity index (χ0n) is 23.3. The lowest BCUT2D eigenvalue weighted by atomic mass is 9.94. The largest absolute Gasteiger partial charge is 0.384 e. The van der Waals surface area contributed by atoms with E-state index in [-0.39, 0.29) is 41.9 Å². The number of nitrogens with zero attached hydrogens (tertiary/aromatic N) is 2. The second-order valence-electron chi connectivity index (χ2n) is 10.6.